The third-order valence-corrected chi connectivity index (χ3v) is 4.91. The van der Waals surface area contributed by atoms with E-state index in [9.17, 15) is 9.59 Å². The summed E-state index contributed by atoms with van der Waals surface area (Å²) in [6.45, 7) is 1.47. The number of carbonyl (C=O) groups excluding carboxylic acids is 2. The number of nitrogens with one attached hydrogen (secondary N) is 3. The van der Waals surface area contributed by atoms with Crippen LogP contribution in [0.5, 0.6) is 11.5 Å². The van der Waals surface area contributed by atoms with Gasteiger partial charge in [-0.1, -0.05) is 30.3 Å². The zero-order chi connectivity index (χ0) is 24.9. The summed E-state index contributed by atoms with van der Waals surface area (Å²) in [4.78, 5) is 24.8. The molecular weight excluding hydrogens is 466 g/mol. The minimum Gasteiger partial charge on any atom is -0.490 e. The highest BCUT2D eigenvalue weighted by Crippen LogP contribution is 2.18. The van der Waals surface area contributed by atoms with Crippen molar-refractivity contribution in [3.05, 3.63) is 90.0 Å². The van der Waals surface area contributed by atoms with Gasteiger partial charge in [-0.05, 0) is 60.7 Å². The lowest BCUT2D eigenvalue weighted by Crippen LogP contribution is -2.34. The van der Waals surface area contributed by atoms with Crippen LogP contribution in [-0.2, 0) is 4.74 Å². The maximum Gasteiger partial charge on any atom is 0.261 e. The lowest BCUT2D eigenvalue weighted by atomic mass is 10.2. The zero-order valence-electron chi connectivity index (χ0n) is 19.3. The van der Waals surface area contributed by atoms with E-state index in [4.69, 9.17) is 26.4 Å². The second kappa shape index (κ2) is 13.7. The quantitative estimate of drug-likeness (QED) is 0.277. The molecule has 3 aromatic carbocycles. The van der Waals surface area contributed by atoms with Gasteiger partial charge >= 0.3 is 0 Å². The molecule has 0 saturated carbocycles. The summed E-state index contributed by atoms with van der Waals surface area (Å²) in [5.41, 5.74) is 1.48. The van der Waals surface area contributed by atoms with Crippen molar-refractivity contribution in [2.24, 2.45) is 0 Å². The Morgan fingerprint density at radius 2 is 1.49 bits per heavy atom. The summed E-state index contributed by atoms with van der Waals surface area (Å²) in [6.07, 6.45) is 0. The minimum atomic E-state index is -0.406. The Kier molecular flexibility index (Phi) is 10.0. The summed E-state index contributed by atoms with van der Waals surface area (Å²) < 4.78 is 16.3. The van der Waals surface area contributed by atoms with Crippen LogP contribution in [0.1, 0.15) is 20.7 Å². The summed E-state index contributed by atoms with van der Waals surface area (Å²) in [6, 6.07) is 23.0. The van der Waals surface area contributed by atoms with Crippen LogP contribution in [0.15, 0.2) is 78.9 Å². The van der Waals surface area contributed by atoms with Crippen molar-refractivity contribution >= 4 is 34.8 Å². The number of anilines is 1. The molecule has 9 heteroatoms. The van der Waals surface area contributed by atoms with Gasteiger partial charge < -0.3 is 24.8 Å². The molecule has 3 aromatic rings. The molecule has 0 saturated heterocycles. The predicted octanol–water partition coefficient (Wildman–Crippen LogP) is 3.65. The maximum atomic E-state index is 12.8. The van der Waals surface area contributed by atoms with E-state index in [-0.39, 0.29) is 17.6 Å². The molecular formula is C26H27N3O5S. The topological polar surface area (TPSA) is 97.9 Å². The van der Waals surface area contributed by atoms with Gasteiger partial charge in [0.15, 0.2) is 5.11 Å². The lowest BCUT2D eigenvalue weighted by molar-refractivity contribution is 0.0935. The van der Waals surface area contributed by atoms with Crippen molar-refractivity contribution in [3.8, 4) is 11.5 Å². The van der Waals surface area contributed by atoms with Gasteiger partial charge in [-0.25, -0.2) is 0 Å². The summed E-state index contributed by atoms with van der Waals surface area (Å²) in [5.74, 6) is 0.568. The Bertz CT molecular complexity index is 1120. The molecule has 0 aromatic heterocycles. The van der Waals surface area contributed by atoms with Crippen molar-refractivity contribution in [2.45, 2.75) is 0 Å². The SMILES string of the molecule is COCCNC(=O)c1ccc(NC(=S)NC(=O)c2ccccc2OCCOc2ccccc2)cc1. The fourth-order valence-corrected chi connectivity index (χ4v) is 3.22. The minimum absolute atomic E-state index is 0.120. The first-order valence-corrected chi connectivity index (χ1v) is 11.4. The predicted molar refractivity (Wildman–Crippen MR) is 138 cm³/mol. The first kappa shape index (κ1) is 25.7. The van der Waals surface area contributed by atoms with E-state index in [0.717, 1.165) is 5.75 Å². The molecule has 0 bridgehead atoms. The van der Waals surface area contributed by atoms with E-state index in [2.05, 4.69) is 16.0 Å². The number of para-hydroxylation sites is 2. The molecule has 8 nitrogen and oxygen atoms in total. The van der Waals surface area contributed by atoms with Crippen molar-refractivity contribution in [2.75, 3.05) is 38.8 Å². The smallest absolute Gasteiger partial charge is 0.261 e. The number of thiocarbonyl (C=S) groups is 1. The molecule has 0 fully saturated rings. The number of rotatable bonds is 11. The van der Waals surface area contributed by atoms with Crippen molar-refractivity contribution < 1.29 is 23.8 Å². The van der Waals surface area contributed by atoms with Gasteiger partial charge in [-0.15, -0.1) is 0 Å². The zero-order valence-corrected chi connectivity index (χ0v) is 20.1. The van der Waals surface area contributed by atoms with Gasteiger partial charge in [-0.2, -0.15) is 0 Å². The molecule has 0 unspecified atom stereocenters. The van der Waals surface area contributed by atoms with Gasteiger partial charge in [0.2, 0.25) is 0 Å². The molecule has 0 aliphatic carbocycles. The Morgan fingerprint density at radius 1 is 0.800 bits per heavy atom. The number of methoxy groups -OCH3 is 1. The second-order valence-electron chi connectivity index (χ2n) is 7.24. The highest BCUT2D eigenvalue weighted by molar-refractivity contribution is 7.80. The van der Waals surface area contributed by atoms with Crippen LogP contribution in [0.3, 0.4) is 0 Å². The van der Waals surface area contributed by atoms with Crippen molar-refractivity contribution in [3.63, 3.8) is 0 Å². The Balaban J connectivity index is 1.49. The second-order valence-corrected chi connectivity index (χ2v) is 7.65. The van der Waals surface area contributed by atoms with E-state index in [1.54, 1.807) is 55.6 Å². The third kappa shape index (κ3) is 8.40. The van der Waals surface area contributed by atoms with Gasteiger partial charge in [0.25, 0.3) is 11.8 Å². The molecule has 0 aliphatic rings. The van der Waals surface area contributed by atoms with Gasteiger partial charge in [-0.3, -0.25) is 14.9 Å². The summed E-state index contributed by atoms with van der Waals surface area (Å²) in [7, 11) is 1.57. The van der Waals surface area contributed by atoms with Crippen LogP contribution in [0.25, 0.3) is 0 Å². The molecule has 0 spiro atoms. The molecule has 3 N–H and O–H groups in total. The Labute approximate surface area is 209 Å². The van der Waals surface area contributed by atoms with Crippen LogP contribution < -0.4 is 25.4 Å². The Hall–Kier alpha value is -3.95. The lowest BCUT2D eigenvalue weighted by Gasteiger charge is -2.13. The normalized spacial score (nSPS) is 10.2. The standard InChI is InChI=1S/C26H27N3O5S/c1-32-16-15-27-24(30)19-11-13-20(14-12-19)28-26(35)29-25(31)22-9-5-6-10-23(22)34-18-17-33-21-7-3-2-4-8-21/h2-14H,15-18H2,1H3,(H,27,30)(H2,28,29,31,35). The van der Waals surface area contributed by atoms with Crippen LogP contribution in [0.2, 0.25) is 0 Å². The fourth-order valence-electron chi connectivity index (χ4n) is 3.01. The number of benzene rings is 3. The van der Waals surface area contributed by atoms with Gasteiger partial charge in [0.1, 0.15) is 24.7 Å². The average Bonchev–Trinajstić information content (AvgIpc) is 2.88. The van der Waals surface area contributed by atoms with E-state index >= 15 is 0 Å². The van der Waals surface area contributed by atoms with Crippen LogP contribution in [-0.4, -0.2) is 50.4 Å². The first-order chi connectivity index (χ1) is 17.1. The van der Waals surface area contributed by atoms with E-state index in [1.165, 1.54) is 0 Å². The number of hydrogen-bond donors (Lipinski definition) is 3. The average molecular weight is 494 g/mol. The molecule has 35 heavy (non-hydrogen) atoms. The first-order valence-electron chi connectivity index (χ1n) is 11.0. The van der Waals surface area contributed by atoms with Crippen LogP contribution >= 0.6 is 12.2 Å². The highest BCUT2D eigenvalue weighted by atomic mass is 32.1. The van der Waals surface area contributed by atoms with Crippen LogP contribution in [0.4, 0.5) is 5.69 Å². The molecule has 0 heterocycles. The largest absolute Gasteiger partial charge is 0.490 e. The van der Waals surface area contributed by atoms with Crippen molar-refractivity contribution in [1.82, 2.24) is 10.6 Å². The number of ether oxygens (including phenoxy) is 3. The molecule has 0 aliphatic heterocycles. The molecule has 0 radical (unpaired) electrons. The highest BCUT2D eigenvalue weighted by Gasteiger charge is 2.14. The van der Waals surface area contributed by atoms with E-state index < -0.39 is 5.91 Å². The number of hydrogen-bond acceptors (Lipinski definition) is 6. The Morgan fingerprint density at radius 3 is 2.23 bits per heavy atom. The monoisotopic (exact) mass is 493 g/mol. The molecule has 0 atom stereocenters. The van der Waals surface area contributed by atoms with Crippen molar-refractivity contribution in [1.29, 1.82) is 0 Å². The van der Waals surface area contributed by atoms with E-state index in [0.29, 0.717) is 42.3 Å². The maximum absolute atomic E-state index is 12.8. The number of carbonyl (C=O) groups is 2. The van der Waals surface area contributed by atoms with Gasteiger partial charge in [0, 0.05) is 24.9 Å². The third-order valence-electron chi connectivity index (χ3n) is 4.71. The molecule has 2 amide bonds. The number of amides is 2. The summed E-state index contributed by atoms with van der Waals surface area (Å²) in [5, 5.41) is 8.46. The van der Waals surface area contributed by atoms with Gasteiger partial charge in [0.05, 0.1) is 12.2 Å². The van der Waals surface area contributed by atoms with E-state index in [1.807, 2.05) is 30.3 Å². The molecule has 3 rings (SSSR count). The fraction of sp³-hybridized carbons (Fsp3) is 0.192. The summed E-state index contributed by atoms with van der Waals surface area (Å²) >= 11 is 5.27. The van der Waals surface area contributed by atoms with Crippen LogP contribution in [0, 0.1) is 0 Å². The molecule has 182 valence electrons.